The SMILES string of the molecule is COC(=O)C1=C(C(=O)OC)N(c2cc(N3CCOCC3)cc(C(F)(F)F)c2)C(N)=C(C#N)C1c1ccccc1. The van der Waals surface area contributed by atoms with Gasteiger partial charge in [-0.2, -0.15) is 18.4 Å². The van der Waals surface area contributed by atoms with Gasteiger partial charge in [0.2, 0.25) is 0 Å². The van der Waals surface area contributed by atoms with Crippen molar-refractivity contribution in [2.75, 3.05) is 50.3 Å². The zero-order valence-electron chi connectivity index (χ0n) is 21.1. The third-order valence-electron chi connectivity index (χ3n) is 6.47. The van der Waals surface area contributed by atoms with Gasteiger partial charge in [-0.15, -0.1) is 0 Å². The highest BCUT2D eigenvalue weighted by Gasteiger charge is 2.44. The van der Waals surface area contributed by atoms with E-state index in [1.54, 1.807) is 35.2 Å². The molecule has 0 spiro atoms. The number of carbonyl (C=O) groups excluding carboxylic acids is 2. The minimum absolute atomic E-state index is 0.153. The van der Waals surface area contributed by atoms with Crippen molar-refractivity contribution >= 4 is 23.3 Å². The number of halogens is 3. The van der Waals surface area contributed by atoms with Gasteiger partial charge in [-0.05, 0) is 23.8 Å². The molecule has 2 heterocycles. The number of anilines is 2. The number of nitrogens with two attached hydrogens (primary N) is 1. The fourth-order valence-corrected chi connectivity index (χ4v) is 4.67. The second-order valence-electron chi connectivity index (χ2n) is 8.67. The van der Waals surface area contributed by atoms with Crippen molar-refractivity contribution in [3.05, 3.63) is 82.3 Å². The second-order valence-corrected chi connectivity index (χ2v) is 8.67. The van der Waals surface area contributed by atoms with Crippen molar-refractivity contribution in [2.24, 2.45) is 5.73 Å². The summed E-state index contributed by atoms with van der Waals surface area (Å²) in [6.07, 6.45) is -4.75. The van der Waals surface area contributed by atoms with Crippen LogP contribution in [0.1, 0.15) is 17.0 Å². The third-order valence-corrected chi connectivity index (χ3v) is 6.47. The molecule has 1 unspecified atom stereocenters. The number of morpholine rings is 1. The number of alkyl halides is 3. The van der Waals surface area contributed by atoms with Crippen molar-refractivity contribution in [1.82, 2.24) is 0 Å². The molecule has 0 amide bonds. The van der Waals surface area contributed by atoms with Gasteiger partial charge in [0.25, 0.3) is 0 Å². The predicted octanol–water partition coefficient (Wildman–Crippen LogP) is 3.44. The summed E-state index contributed by atoms with van der Waals surface area (Å²) in [7, 11) is 2.15. The Morgan fingerprint density at radius 2 is 1.64 bits per heavy atom. The Hall–Kier alpha value is -4.50. The lowest BCUT2D eigenvalue weighted by Crippen LogP contribution is -2.41. The highest BCUT2D eigenvalue weighted by atomic mass is 19.4. The first-order chi connectivity index (χ1) is 18.6. The Morgan fingerprint density at radius 1 is 1.03 bits per heavy atom. The van der Waals surface area contributed by atoms with Crippen molar-refractivity contribution in [3.63, 3.8) is 0 Å². The maximum atomic E-state index is 14.1. The molecule has 0 aromatic heterocycles. The summed E-state index contributed by atoms with van der Waals surface area (Å²) in [5.74, 6) is -3.50. The lowest BCUT2D eigenvalue weighted by atomic mass is 9.81. The van der Waals surface area contributed by atoms with E-state index in [0.717, 1.165) is 31.3 Å². The van der Waals surface area contributed by atoms with Gasteiger partial charge in [-0.25, -0.2) is 9.59 Å². The van der Waals surface area contributed by atoms with Gasteiger partial charge >= 0.3 is 18.1 Å². The maximum absolute atomic E-state index is 14.1. The van der Waals surface area contributed by atoms with Gasteiger partial charge in [-0.3, -0.25) is 4.90 Å². The summed E-state index contributed by atoms with van der Waals surface area (Å²) in [5.41, 5.74) is 4.97. The van der Waals surface area contributed by atoms with E-state index in [9.17, 15) is 28.0 Å². The molecule has 1 fully saturated rings. The Kier molecular flexibility index (Phi) is 7.83. The van der Waals surface area contributed by atoms with Gasteiger partial charge in [-0.1, -0.05) is 30.3 Å². The first-order valence-electron chi connectivity index (χ1n) is 11.8. The van der Waals surface area contributed by atoms with Crippen LogP contribution in [0.3, 0.4) is 0 Å². The number of esters is 2. The number of nitrogens with zero attached hydrogens (tertiary/aromatic N) is 3. The molecule has 2 N–H and O–H groups in total. The highest BCUT2D eigenvalue weighted by molar-refractivity contribution is 6.06. The highest BCUT2D eigenvalue weighted by Crippen LogP contribution is 2.45. The summed E-state index contributed by atoms with van der Waals surface area (Å²) < 4.78 is 57.4. The summed E-state index contributed by atoms with van der Waals surface area (Å²) >= 11 is 0. The van der Waals surface area contributed by atoms with Gasteiger partial charge in [0.1, 0.15) is 11.5 Å². The fraction of sp³-hybridized carbons (Fsp3) is 0.296. The Labute approximate surface area is 222 Å². The van der Waals surface area contributed by atoms with Crippen LogP contribution < -0.4 is 15.5 Å². The quantitative estimate of drug-likeness (QED) is 0.567. The van der Waals surface area contributed by atoms with Gasteiger partial charge in [0.15, 0.2) is 0 Å². The van der Waals surface area contributed by atoms with Crippen LogP contribution in [0.5, 0.6) is 0 Å². The molecule has 1 saturated heterocycles. The molecule has 39 heavy (non-hydrogen) atoms. The van der Waals surface area contributed by atoms with E-state index in [2.05, 4.69) is 0 Å². The molecule has 12 heteroatoms. The first-order valence-corrected chi connectivity index (χ1v) is 11.8. The van der Waals surface area contributed by atoms with Crippen LogP contribution in [0, 0.1) is 11.3 Å². The van der Waals surface area contributed by atoms with Gasteiger partial charge < -0.3 is 24.8 Å². The standard InChI is InChI=1S/C27H25F3N4O5/c1-37-25(35)22-21(16-6-4-3-5-7-16)20(15-31)24(32)34(23(22)26(36)38-2)19-13-17(27(28,29)30)12-18(14-19)33-8-10-39-11-9-33/h3-7,12-14,21H,8-11,32H2,1-2H3. The van der Waals surface area contributed by atoms with Gasteiger partial charge in [0, 0.05) is 18.8 Å². The van der Waals surface area contributed by atoms with Crippen LogP contribution in [0.4, 0.5) is 24.5 Å². The summed E-state index contributed by atoms with van der Waals surface area (Å²) in [6, 6.07) is 13.5. The number of hydrogen-bond donors (Lipinski definition) is 1. The number of nitriles is 1. The molecular formula is C27H25F3N4O5. The molecule has 2 aliphatic rings. The molecule has 2 aromatic carbocycles. The van der Waals surface area contributed by atoms with Crippen molar-refractivity contribution in [1.29, 1.82) is 5.26 Å². The van der Waals surface area contributed by atoms with Crippen LogP contribution >= 0.6 is 0 Å². The number of rotatable bonds is 5. The zero-order chi connectivity index (χ0) is 28.3. The Morgan fingerprint density at radius 3 is 2.21 bits per heavy atom. The molecule has 2 aromatic rings. The lowest BCUT2D eigenvalue weighted by molar-refractivity contribution is -0.139. The van der Waals surface area contributed by atoms with Gasteiger partial charge in [0.05, 0.1) is 61.8 Å². The van der Waals surface area contributed by atoms with E-state index in [0.29, 0.717) is 31.9 Å². The van der Waals surface area contributed by atoms with E-state index >= 15 is 0 Å². The average Bonchev–Trinajstić information content (AvgIpc) is 2.95. The van der Waals surface area contributed by atoms with E-state index in [-0.39, 0.29) is 28.3 Å². The normalized spacial score (nSPS) is 18.1. The number of hydrogen-bond acceptors (Lipinski definition) is 9. The molecule has 0 bridgehead atoms. The van der Waals surface area contributed by atoms with E-state index in [1.807, 2.05) is 6.07 Å². The van der Waals surface area contributed by atoms with Crippen molar-refractivity contribution < 1.29 is 37.0 Å². The molecule has 4 rings (SSSR count). The van der Waals surface area contributed by atoms with Crippen LogP contribution in [-0.2, 0) is 30.0 Å². The largest absolute Gasteiger partial charge is 0.466 e. The van der Waals surface area contributed by atoms with E-state index < -0.39 is 35.3 Å². The average molecular weight is 543 g/mol. The van der Waals surface area contributed by atoms with E-state index in [4.69, 9.17) is 19.9 Å². The van der Waals surface area contributed by atoms with Crippen LogP contribution in [0.2, 0.25) is 0 Å². The summed E-state index contributed by atoms with van der Waals surface area (Å²) in [5, 5.41) is 10.1. The zero-order valence-corrected chi connectivity index (χ0v) is 21.1. The number of carbonyl (C=O) groups is 2. The molecule has 0 radical (unpaired) electrons. The molecule has 9 nitrogen and oxygen atoms in total. The molecule has 1 atom stereocenters. The Bertz CT molecular complexity index is 1380. The van der Waals surface area contributed by atoms with Crippen molar-refractivity contribution in [2.45, 2.75) is 12.1 Å². The van der Waals surface area contributed by atoms with Crippen LogP contribution in [0.25, 0.3) is 0 Å². The lowest BCUT2D eigenvalue weighted by Gasteiger charge is -2.37. The molecule has 204 valence electrons. The number of allylic oxidation sites excluding steroid dienone is 1. The second kappa shape index (κ2) is 11.1. The van der Waals surface area contributed by atoms with Crippen molar-refractivity contribution in [3.8, 4) is 6.07 Å². The van der Waals surface area contributed by atoms with E-state index in [1.165, 1.54) is 6.07 Å². The smallest absolute Gasteiger partial charge is 0.416 e. The topological polar surface area (TPSA) is 118 Å². The third kappa shape index (κ3) is 5.26. The Balaban J connectivity index is 2.05. The predicted molar refractivity (Wildman–Crippen MR) is 134 cm³/mol. The van der Waals surface area contributed by atoms with Crippen LogP contribution in [0.15, 0.2) is 71.2 Å². The minimum Gasteiger partial charge on any atom is -0.466 e. The molecule has 0 saturated carbocycles. The van der Waals surface area contributed by atoms with Crippen LogP contribution in [-0.4, -0.2) is 52.5 Å². The molecular weight excluding hydrogens is 517 g/mol. The number of methoxy groups -OCH3 is 2. The fourth-order valence-electron chi connectivity index (χ4n) is 4.67. The number of ether oxygens (including phenoxy) is 3. The summed E-state index contributed by atoms with van der Waals surface area (Å²) in [6.45, 7) is 1.29. The summed E-state index contributed by atoms with van der Waals surface area (Å²) in [4.78, 5) is 29.1. The first kappa shape index (κ1) is 27.5. The molecule has 0 aliphatic carbocycles. The monoisotopic (exact) mass is 542 g/mol. The minimum atomic E-state index is -4.75. The maximum Gasteiger partial charge on any atom is 0.416 e. The number of benzene rings is 2. The molecule has 2 aliphatic heterocycles.